The Bertz CT molecular complexity index is 1000. The van der Waals surface area contributed by atoms with Gasteiger partial charge >= 0.3 is 0 Å². The largest absolute Gasteiger partial charge is 0.370 e. The van der Waals surface area contributed by atoms with Crippen LogP contribution in [-0.2, 0) is 24.3 Å². The van der Waals surface area contributed by atoms with Gasteiger partial charge in [-0.1, -0.05) is 6.08 Å². The molecule has 6 heteroatoms. The Morgan fingerprint density at radius 1 is 1.52 bits per heavy atom. The van der Waals surface area contributed by atoms with Gasteiger partial charge in [-0.2, -0.15) is 0 Å². The fraction of sp³-hybridized carbons (Fsp3) is 0.353. The van der Waals surface area contributed by atoms with Crippen molar-refractivity contribution in [2.45, 2.75) is 39.0 Å². The van der Waals surface area contributed by atoms with E-state index in [4.69, 9.17) is 9.72 Å². The van der Waals surface area contributed by atoms with E-state index in [0.717, 1.165) is 33.4 Å². The first-order valence-corrected chi connectivity index (χ1v) is 8.35. The topological polar surface area (TPSA) is 57.0 Å². The SMILES string of the molecule is C=CCn1cnc2c(sc3nc4c(cc32)COC(C)(C)C4)c1=O. The van der Waals surface area contributed by atoms with Gasteiger partial charge in [-0.15, -0.1) is 17.9 Å². The van der Waals surface area contributed by atoms with Gasteiger partial charge in [-0.05, 0) is 19.9 Å². The van der Waals surface area contributed by atoms with E-state index in [1.165, 1.54) is 11.3 Å². The fourth-order valence-corrected chi connectivity index (χ4v) is 4.03. The lowest BCUT2D eigenvalue weighted by molar-refractivity contribution is -0.0411. The summed E-state index contributed by atoms with van der Waals surface area (Å²) in [5.74, 6) is 0. The van der Waals surface area contributed by atoms with E-state index in [1.807, 2.05) is 0 Å². The van der Waals surface area contributed by atoms with Crippen LogP contribution in [0.25, 0.3) is 20.4 Å². The highest BCUT2D eigenvalue weighted by Crippen LogP contribution is 2.34. The normalized spacial score (nSPS) is 16.6. The molecule has 0 N–H and O–H groups in total. The first kappa shape index (κ1) is 14.5. The highest BCUT2D eigenvalue weighted by Gasteiger charge is 2.28. The Labute approximate surface area is 137 Å². The van der Waals surface area contributed by atoms with Crippen LogP contribution >= 0.6 is 11.3 Å². The molecule has 4 rings (SSSR count). The summed E-state index contributed by atoms with van der Waals surface area (Å²) >= 11 is 1.42. The van der Waals surface area contributed by atoms with Crippen LogP contribution in [0.5, 0.6) is 0 Å². The van der Waals surface area contributed by atoms with E-state index in [9.17, 15) is 4.79 Å². The minimum absolute atomic E-state index is 0.0348. The number of fused-ring (bicyclic) bond motifs is 4. The summed E-state index contributed by atoms with van der Waals surface area (Å²) in [6.07, 6.45) is 4.05. The van der Waals surface area contributed by atoms with Crippen LogP contribution in [0.4, 0.5) is 0 Å². The van der Waals surface area contributed by atoms with E-state index in [2.05, 4.69) is 31.5 Å². The lowest BCUT2D eigenvalue weighted by Crippen LogP contribution is -2.32. The van der Waals surface area contributed by atoms with E-state index in [1.54, 1.807) is 17.0 Å². The Morgan fingerprint density at radius 3 is 3.13 bits per heavy atom. The quantitative estimate of drug-likeness (QED) is 0.679. The third-order valence-electron chi connectivity index (χ3n) is 4.14. The molecule has 0 radical (unpaired) electrons. The monoisotopic (exact) mass is 327 g/mol. The van der Waals surface area contributed by atoms with Gasteiger partial charge in [0.05, 0.1) is 29.7 Å². The zero-order valence-electron chi connectivity index (χ0n) is 13.1. The van der Waals surface area contributed by atoms with Crippen molar-refractivity contribution in [2.24, 2.45) is 0 Å². The van der Waals surface area contributed by atoms with E-state index in [-0.39, 0.29) is 11.2 Å². The van der Waals surface area contributed by atoms with Crippen molar-refractivity contribution < 1.29 is 4.74 Å². The van der Waals surface area contributed by atoms with Crippen LogP contribution in [0.3, 0.4) is 0 Å². The Kier molecular flexibility index (Phi) is 3.14. The van der Waals surface area contributed by atoms with Crippen LogP contribution in [0.2, 0.25) is 0 Å². The number of rotatable bonds is 2. The number of aromatic nitrogens is 3. The maximum atomic E-state index is 12.5. The number of hydrogen-bond acceptors (Lipinski definition) is 5. The van der Waals surface area contributed by atoms with Crippen molar-refractivity contribution in [2.75, 3.05) is 0 Å². The number of thiophene rings is 1. The summed E-state index contributed by atoms with van der Waals surface area (Å²) < 4.78 is 8.09. The lowest BCUT2D eigenvalue weighted by atomic mass is 9.95. The van der Waals surface area contributed by atoms with Gasteiger partial charge in [-0.3, -0.25) is 9.36 Å². The third kappa shape index (κ3) is 2.29. The number of pyridine rings is 1. The molecule has 0 saturated carbocycles. The molecule has 0 unspecified atom stereocenters. The predicted molar refractivity (Wildman–Crippen MR) is 92.0 cm³/mol. The molecule has 0 aromatic carbocycles. The molecule has 0 bridgehead atoms. The fourth-order valence-electron chi connectivity index (χ4n) is 2.95. The van der Waals surface area contributed by atoms with Crippen molar-refractivity contribution >= 4 is 31.8 Å². The molecule has 0 atom stereocenters. The molecule has 118 valence electrons. The second-order valence-electron chi connectivity index (χ2n) is 6.44. The van der Waals surface area contributed by atoms with E-state index < -0.39 is 0 Å². The highest BCUT2D eigenvalue weighted by atomic mass is 32.1. The predicted octanol–water partition coefficient (Wildman–Crippen LogP) is 3.04. The van der Waals surface area contributed by atoms with Crippen LogP contribution in [0.15, 0.2) is 29.8 Å². The first-order chi connectivity index (χ1) is 11.0. The second-order valence-corrected chi connectivity index (χ2v) is 7.44. The molecule has 0 amide bonds. The van der Waals surface area contributed by atoms with Crippen LogP contribution in [-0.4, -0.2) is 20.1 Å². The summed E-state index contributed by atoms with van der Waals surface area (Å²) in [6.45, 7) is 8.83. The van der Waals surface area contributed by atoms with Gasteiger partial charge in [0.1, 0.15) is 9.53 Å². The van der Waals surface area contributed by atoms with Crippen molar-refractivity contribution in [1.29, 1.82) is 0 Å². The van der Waals surface area contributed by atoms with Crippen LogP contribution in [0, 0.1) is 0 Å². The van der Waals surface area contributed by atoms with Crippen molar-refractivity contribution in [1.82, 2.24) is 14.5 Å². The molecule has 0 saturated heterocycles. The van der Waals surface area contributed by atoms with Crippen molar-refractivity contribution in [3.63, 3.8) is 0 Å². The second kappa shape index (κ2) is 4.97. The van der Waals surface area contributed by atoms with Crippen molar-refractivity contribution in [3.8, 4) is 0 Å². The van der Waals surface area contributed by atoms with Gasteiger partial charge in [0.2, 0.25) is 0 Å². The van der Waals surface area contributed by atoms with Gasteiger partial charge < -0.3 is 4.74 Å². The summed E-state index contributed by atoms with van der Waals surface area (Å²) in [4.78, 5) is 22.7. The number of nitrogens with zero attached hydrogens (tertiary/aromatic N) is 3. The molecule has 1 aliphatic rings. The average molecular weight is 327 g/mol. The van der Waals surface area contributed by atoms with Gasteiger partial charge in [0.15, 0.2) is 0 Å². The molecule has 0 aliphatic carbocycles. The van der Waals surface area contributed by atoms with Crippen LogP contribution in [0.1, 0.15) is 25.1 Å². The Hall–Kier alpha value is -2.05. The molecular formula is C17H17N3O2S. The molecule has 0 fully saturated rings. The third-order valence-corrected chi connectivity index (χ3v) is 5.22. The highest BCUT2D eigenvalue weighted by molar-refractivity contribution is 7.25. The smallest absolute Gasteiger partial charge is 0.271 e. The maximum Gasteiger partial charge on any atom is 0.271 e. The minimum Gasteiger partial charge on any atom is -0.370 e. The molecule has 23 heavy (non-hydrogen) atoms. The summed E-state index contributed by atoms with van der Waals surface area (Å²) in [5, 5.41) is 0.940. The van der Waals surface area contributed by atoms with E-state index in [0.29, 0.717) is 17.9 Å². The van der Waals surface area contributed by atoms with Gasteiger partial charge in [0, 0.05) is 23.9 Å². The minimum atomic E-state index is -0.195. The summed E-state index contributed by atoms with van der Waals surface area (Å²) in [6, 6.07) is 2.08. The Morgan fingerprint density at radius 2 is 2.35 bits per heavy atom. The zero-order valence-corrected chi connectivity index (χ0v) is 13.9. The van der Waals surface area contributed by atoms with Crippen molar-refractivity contribution in [3.05, 3.63) is 46.7 Å². The lowest BCUT2D eigenvalue weighted by Gasteiger charge is -2.30. The molecule has 1 aliphatic heterocycles. The molecular weight excluding hydrogens is 310 g/mol. The Balaban J connectivity index is 1.97. The molecule has 3 aromatic rings. The number of hydrogen-bond donors (Lipinski definition) is 0. The molecule has 3 aromatic heterocycles. The van der Waals surface area contributed by atoms with Gasteiger partial charge in [0.25, 0.3) is 5.56 Å². The molecule has 0 spiro atoms. The molecule has 5 nitrogen and oxygen atoms in total. The maximum absolute atomic E-state index is 12.5. The standard InChI is InChI=1S/C17H17N3O2S/c1-4-5-20-9-18-13-11-6-10-8-22-17(2,3)7-12(10)19-15(11)23-14(13)16(20)21/h4,6,9H,1,5,7-8H2,2-3H3. The van der Waals surface area contributed by atoms with E-state index >= 15 is 0 Å². The molecule has 4 heterocycles. The zero-order chi connectivity index (χ0) is 16.2. The average Bonchev–Trinajstić information content (AvgIpc) is 2.85. The summed E-state index contributed by atoms with van der Waals surface area (Å²) in [5.41, 5.74) is 2.66. The number of allylic oxidation sites excluding steroid dienone is 1. The summed E-state index contributed by atoms with van der Waals surface area (Å²) in [7, 11) is 0. The number of ether oxygens (including phenoxy) is 1. The first-order valence-electron chi connectivity index (χ1n) is 7.54. The van der Waals surface area contributed by atoms with Gasteiger partial charge in [-0.25, -0.2) is 9.97 Å². The van der Waals surface area contributed by atoms with Crippen LogP contribution < -0.4 is 5.56 Å².